The van der Waals surface area contributed by atoms with E-state index in [1.165, 1.54) is 0 Å². The van der Waals surface area contributed by atoms with Gasteiger partial charge in [-0.3, -0.25) is 0 Å². The normalized spacial score (nSPS) is 8.86. The first-order valence-corrected chi connectivity index (χ1v) is 4.52. The van der Waals surface area contributed by atoms with Gasteiger partial charge in [0.1, 0.15) is 12.3 Å². The van der Waals surface area contributed by atoms with Crippen LogP contribution in [0, 0.1) is 11.3 Å². The summed E-state index contributed by atoms with van der Waals surface area (Å²) in [7, 11) is 2.18. The van der Waals surface area contributed by atoms with Crippen LogP contribution in [-0.4, -0.2) is 6.54 Å². The van der Waals surface area contributed by atoms with Crippen molar-refractivity contribution in [2.75, 3.05) is 11.4 Å². The maximum atomic E-state index is 8.56. The Morgan fingerprint density at radius 1 is 1.50 bits per heavy atom. The van der Waals surface area contributed by atoms with Crippen molar-refractivity contribution in [1.82, 2.24) is 0 Å². The van der Waals surface area contributed by atoms with Crippen LogP contribution in [0.1, 0.15) is 0 Å². The Morgan fingerprint density at radius 3 is 2.57 bits per heavy atom. The molecule has 1 aromatic carbocycles. The van der Waals surface area contributed by atoms with E-state index in [9.17, 15) is 0 Å². The van der Waals surface area contributed by atoms with E-state index in [0.717, 1.165) is 11.4 Å². The molecule has 0 heterocycles. The molecule has 0 saturated heterocycles. The van der Waals surface area contributed by atoms with Crippen LogP contribution in [0.5, 0.6) is 5.75 Å². The highest BCUT2D eigenvalue weighted by molar-refractivity contribution is 7.10. The third-order valence-corrected chi connectivity index (χ3v) is 2.04. The minimum absolute atomic E-state index is 0.296. The molecule has 0 aromatic heterocycles. The number of hydrogen-bond acceptors (Lipinski definition) is 3. The molecule has 0 aliphatic heterocycles. The molecular weight excluding hydrogens is 195 g/mol. The predicted molar refractivity (Wildman–Crippen MR) is 59.9 cm³/mol. The fourth-order valence-corrected chi connectivity index (χ4v) is 1.21. The molecule has 0 fully saturated rings. The molecule has 0 bridgehead atoms. The van der Waals surface area contributed by atoms with Crippen LogP contribution in [0.15, 0.2) is 37.0 Å². The van der Waals surface area contributed by atoms with Gasteiger partial charge in [-0.1, -0.05) is 6.58 Å². The minimum Gasteiger partial charge on any atom is -0.480 e. The van der Waals surface area contributed by atoms with Crippen molar-refractivity contribution < 1.29 is 4.52 Å². The lowest BCUT2D eigenvalue weighted by Gasteiger charge is -2.16. The van der Waals surface area contributed by atoms with Crippen molar-refractivity contribution >= 4 is 15.2 Å². The van der Waals surface area contributed by atoms with Crippen LogP contribution in [0.3, 0.4) is 0 Å². The van der Waals surface area contributed by atoms with Crippen LogP contribution < -0.4 is 9.42 Å². The maximum Gasteiger partial charge on any atom is 0.122 e. The molecule has 72 valence electrons. The number of nitriles is 1. The van der Waals surface area contributed by atoms with Crippen LogP contribution in [0.2, 0.25) is 0 Å². The zero-order valence-electron chi connectivity index (χ0n) is 7.68. The summed E-state index contributed by atoms with van der Waals surface area (Å²) >= 11 is 0. The van der Waals surface area contributed by atoms with Crippen molar-refractivity contribution in [2.45, 2.75) is 0 Å². The minimum atomic E-state index is 0.296. The highest BCUT2D eigenvalue weighted by Crippen LogP contribution is 2.20. The highest BCUT2D eigenvalue weighted by atomic mass is 31.0. The van der Waals surface area contributed by atoms with Gasteiger partial charge in [-0.25, -0.2) is 0 Å². The molecule has 0 spiro atoms. The fraction of sp³-hybridized carbons (Fsp3) is 0.100. The first kappa shape index (κ1) is 10.6. The average molecular weight is 206 g/mol. The summed E-state index contributed by atoms with van der Waals surface area (Å²) in [5, 5.41) is 8.56. The van der Waals surface area contributed by atoms with Gasteiger partial charge < -0.3 is 9.42 Å². The van der Waals surface area contributed by atoms with Gasteiger partial charge in [0.2, 0.25) is 0 Å². The lowest BCUT2D eigenvalue weighted by Crippen LogP contribution is -2.14. The summed E-state index contributed by atoms with van der Waals surface area (Å²) < 4.78 is 4.95. The fourth-order valence-electron chi connectivity index (χ4n) is 1.05. The quantitative estimate of drug-likeness (QED) is 0.560. The molecule has 0 radical (unpaired) electrons. The van der Waals surface area contributed by atoms with Gasteiger partial charge in [0.05, 0.1) is 15.5 Å². The average Bonchev–Trinajstić information content (AvgIpc) is 2.26. The molecule has 0 aliphatic rings. The molecule has 14 heavy (non-hydrogen) atoms. The molecule has 4 heteroatoms. The summed E-state index contributed by atoms with van der Waals surface area (Å²) in [5.74, 6) is 0.764. The van der Waals surface area contributed by atoms with E-state index >= 15 is 0 Å². The standard InChI is InChI=1S/C10H11N2OP/c1-2-12(8-7-11)9-3-5-10(13-14)6-4-9/h2-6H,1,8,14H2. The van der Waals surface area contributed by atoms with Gasteiger partial charge in [0.15, 0.2) is 0 Å². The Hall–Kier alpha value is -1.52. The van der Waals surface area contributed by atoms with Crippen molar-refractivity contribution in [3.8, 4) is 11.8 Å². The summed E-state index contributed by atoms with van der Waals surface area (Å²) in [6.07, 6.45) is 1.62. The monoisotopic (exact) mass is 206 g/mol. The van der Waals surface area contributed by atoms with E-state index in [2.05, 4.69) is 22.1 Å². The van der Waals surface area contributed by atoms with Crippen molar-refractivity contribution in [3.05, 3.63) is 37.0 Å². The second-order valence-corrected chi connectivity index (χ2v) is 2.82. The van der Waals surface area contributed by atoms with E-state index in [-0.39, 0.29) is 0 Å². The van der Waals surface area contributed by atoms with E-state index < -0.39 is 0 Å². The molecule has 1 atom stereocenters. The number of nitrogens with zero attached hydrogens (tertiary/aromatic N) is 2. The van der Waals surface area contributed by atoms with Gasteiger partial charge in [0, 0.05) is 5.69 Å². The molecule has 1 aromatic rings. The van der Waals surface area contributed by atoms with Gasteiger partial charge in [-0.15, -0.1) is 0 Å². The lowest BCUT2D eigenvalue weighted by atomic mass is 10.3. The van der Waals surface area contributed by atoms with Gasteiger partial charge in [-0.2, -0.15) is 5.26 Å². The van der Waals surface area contributed by atoms with E-state index in [4.69, 9.17) is 9.79 Å². The Kier molecular flexibility index (Phi) is 3.97. The molecule has 3 nitrogen and oxygen atoms in total. The van der Waals surface area contributed by atoms with Crippen molar-refractivity contribution in [2.24, 2.45) is 0 Å². The van der Waals surface area contributed by atoms with Crippen LogP contribution in [-0.2, 0) is 0 Å². The molecule has 1 unspecified atom stereocenters. The van der Waals surface area contributed by atoms with Crippen LogP contribution in [0.25, 0.3) is 0 Å². The largest absolute Gasteiger partial charge is 0.480 e. The Balaban J connectivity index is 2.84. The van der Waals surface area contributed by atoms with Gasteiger partial charge >= 0.3 is 0 Å². The number of benzene rings is 1. The molecule has 1 rings (SSSR count). The molecule has 0 amide bonds. The summed E-state index contributed by atoms with van der Waals surface area (Å²) in [6.45, 7) is 3.93. The molecule has 0 N–H and O–H groups in total. The zero-order valence-corrected chi connectivity index (χ0v) is 8.84. The number of hydrogen-bond donors (Lipinski definition) is 0. The zero-order chi connectivity index (χ0) is 10.4. The molecule has 0 aliphatic carbocycles. The Morgan fingerprint density at radius 2 is 2.14 bits per heavy atom. The summed E-state index contributed by atoms with van der Waals surface area (Å²) in [5.41, 5.74) is 0.923. The smallest absolute Gasteiger partial charge is 0.122 e. The van der Waals surface area contributed by atoms with E-state index in [1.54, 1.807) is 11.1 Å². The van der Waals surface area contributed by atoms with Crippen molar-refractivity contribution in [1.29, 1.82) is 5.26 Å². The number of rotatable bonds is 4. The summed E-state index contributed by atoms with van der Waals surface area (Å²) in [4.78, 5) is 1.76. The SMILES string of the molecule is C=CN(CC#N)c1ccc(OP)cc1. The Bertz CT molecular complexity index is 342. The third-order valence-electron chi connectivity index (χ3n) is 1.77. The van der Waals surface area contributed by atoms with Gasteiger partial charge in [0.25, 0.3) is 0 Å². The van der Waals surface area contributed by atoms with Crippen LogP contribution in [0.4, 0.5) is 5.69 Å². The van der Waals surface area contributed by atoms with E-state index in [1.807, 2.05) is 24.3 Å². The van der Waals surface area contributed by atoms with Crippen molar-refractivity contribution in [3.63, 3.8) is 0 Å². The van der Waals surface area contributed by atoms with Gasteiger partial charge in [-0.05, 0) is 30.5 Å². The molecular formula is C10H11N2OP. The predicted octanol–water partition coefficient (Wildman–Crippen LogP) is 2.33. The topological polar surface area (TPSA) is 36.3 Å². The van der Waals surface area contributed by atoms with E-state index in [0.29, 0.717) is 6.54 Å². The van der Waals surface area contributed by atoms with Crippen LogP contribution >= 0.6 is 9.47 Å². The second-order valence-electron chi connectivity index (χ2n) is 2.58. The second kappa shape index (κ2) is 5.26. The first-order chi connectivity index (χ1) is 6.81. The highest BCUT2D eigenvalue weighted by Gasteiger charge is 2.00. The number of anilines is 1. The summed E-state index contributed by atoms with van der Waals surface area (Å²) in [6, 6.07) is 9.47. The maximum absolute atomic E-state index is 8.56. The third kappa shape index (κ3) is 2.48. The first-order valence-electron chi connectivity index (χ1n) is 4.04. The Labute approximate surface area is 85.9 Å². The lowest BCUT2D eigenvalue weighted by molar-refractivity contribution is 0.646. The molecule has 0 saturated carbocycles.